The van der Waals surface area contributed by atoms with Crippen LogP contribution < -0.4 is 10.6 Å². The number of urea groups is 1. The van der Waals surface area contributed by atoms with Gasteiger partial charge in [-0.2, -0.15) is 0 Å². The van der Waals surface area contributed by atoms with Crippen LogP contribution in [0.5, 0.6) is 0 Å². The van der Waals surface area contributed by atoms with Crippen LogP contribution in [0.3, 0.4) is 0 Å². The first-order valence-corrected chi connectivity index (χ1v) is 5.21. The number of rotatable bonds is 2. The van der Waals surface area contributed by atoms with E-state index in [4.69, 9.17) is 40.5 Å². The summed E-state index contributed by atoms with van der Waals surface area (Å²) in [6, 6.07) is 2.10. The zero-order chi connectivity index (χ0) is 12.3. The molecule has 0 bridgehead atoms. The quantitative estimate of drug-likeness (QED) is 0.640. The summed E-state index contributed by atoms with van der Waals surface area (Å²) >= 11 is 16.5. The summed E-state index contributed by atoms with van der Waals surface area (Å²) in [6.07, 6.45) is 1.11. The third-order valence-corrected chi connectivity index (χ3v) is 2.28. The van der Waals surface area contributed by atoms with Gasteiger partial charge < -0.3 is 10.8 Å². The third kappa shape index (κ3) is 3.12. The minimum absolute atomic E-state index is 0.230. The van der Waals surface area contributed by atoms with Gasteiger partial charge in [0.15, 0.2) is 6.23 Å². The molecule has 0 spiro atoms. The van der Waals surface area contributed by atoms with E-state index in [-0.39, 0.29) is 5.69 Å². The van der Waals surface area contributed by atoms with Gasteiger partial charge in [0.25, 0.3) is 0 Å². The van der Waals surface area contributed by atoms with E-state index in [2.05, 4.69) is 4.98 Å². The molecule has 0 aliphatic rings. The highest BCUT2D eigenvalue weighted by molar-refractivity contribution is 6.68. The standard InChI is InChI=1S/C8H8Cl3N3O2/c9-8(10,11)6(15)14(7(12)16)5-2-1-3-13-4-5/h1-4,6,15H,(H2,12,16). The van der Waals surface area contributed by atoms with Crippen LogP contribution in [0.15, 0.2) is 24.5 Å². The van der Waals surface area contributed by atoms with Crippen molar-refractivity contribution < 1.29 is 9.90 Å². The molecule has 1 aromatic heterocycles. The van der Waals surface area contributed by atoms with Gasteiger partial charge in [0.2, 0.25) is 3.79 Å². The highest BCUT2D eigenvalue weighted by Crippen LogP contribution is 2.33. The summed E-state index contributed by atoms with van der Waals surface area (Å²) < 4.78 is -2.06. The van der Waals surface area contributed by atoms with Crippen LogP contribution in [0.2, 0.25) is 0 Å². The van der Waals surface area contributed by atoms with E-state index in [0.29, 0.717) is 0 Å². The van der Waals surface area contributed by atoms with Crippen LogP contribution >= 0.6 is 34.8 Å². The van der Waals surface area contributed by atoms with E-state index in [1.807, 2.05) is 0 Å². The van der Waals surface area contributed by atoms with Gasteiger partial charge in [-0.15, -0.1) is 0 Å². The Kier molecular flexibility index (Phi) is 4.21. The molecule has 0 saturated carbocycles. The number of hydrogen-bond acceptors (Lipinski definition) is 3. The molecule has 0 aliphatic carbocycles. The number of aromatic nitrogens is 1. The zero-order valence-corrected chi connectivity index (χ0v) is 10.1. The van der Waals surface area contributed by atoms with Gasteiger partial charge in [0.05, 0.1) is 11.9 Å². The number of carbonyl (C=O) groups excluding carboxylic acids is 1. The van der Waals surface area contributed by atoms with E-state index in [1.54, 1.807) is 6.07 Å². The summed E-state index contributed by atoms with van der Waals surface area (Å²) in [6.45, 7) is 0. The van der Waals surface area contributed by atoms with Crippen molar-refractivity contribution in [1.29, 1.82) is 0 Å². The lowest BCUT2D eigenvalue weighted by Gasteiger charge is -2.30. The molecule has 1 atom stereocenters. The van der Waals surface area contributed by atoms with Crippen LogP contribution in [-0.2, 0) is 0 Å². The highest BCUT2D eigenvalue weighted by Gasteiger charge is 2.38. The van der Waals surface area contributed by atoms with E-state index in [9.17, 15) is 9.90 Å². The van der Waals surface area contributed by atoms with Crippen molar-refractivity contribution in [1.82, 2.24) is 4.98 Å². The third-order valence-electron chi connectivity index (χ3n) is 1.70. The topological polar surface area (TPSA) is 79.5 Å². The van der Waals surface area contributed by atoms with Crippen LogP contribution in [0, 0.1) is 0 Å². The minimum Gasteiger partial charge on any atom is -0.369 e. The van der Waals surface area contributed by atoms with Crippen molar-refractivity contribution in [3.8, 4) is 0 Å². The second-order valence-electron chi connectivity index (χ2n) is 2.83. The van der Waals surface area contributed by atoms with Crippen molar-refractivity contribution in [3.05, 3.63) is 24.5 Å². The maximum Gasteiger partial charge on any atom is 0.321 e. The Morgan fingerprint density at radius 3 is 2.56 bits per heavy atom. The molecule has 0 saturated heterocycles. The average Bonchev–Trinajstić information content (AvgIpc) is 2.17. The van der Waals surface area contributed by atoms with Crippen molar-refractivity contribution in [2.75, 3.05) is 4.90 Å². The molecule has 0 aromatic carbocycles. The van der Waals surface area contributed by atoms with E-state index in [1.165, 1.54) is 18.5 Å². The number of carbonyl (C=O) groups is 1. The highest BCUT2D eigenvalue weighted by atomic mass is 35.6. The smallest absolute Gasteiger partial charge is 0.321 e. The Morgan fingerprint density at radius 1 is 1.56 bits per heavy atom. The lowest BCUT2D eigenvalue weighted by molar-refractivity contribution is 0.172. The van der Waals surface area contributed by atoms with Gasteiger partial charge in [0, 0.05) is 6.20 Å². The molecule has 3 N–H and O–H groups in total. The molecule has 88 valence electrons. The Bertz CT molecular complexity index is 369. The van der Waals surface area contributed by atoms with Gasteiger partial charge in [-0.3, -0.25) is 9.88 Å². The predicted molar refractivity (Wildman–Crippen MR) is 62.6 cm³/mol. The number of halogens is 3. The summed E-state index contributed by atoms with van der Waals surface area (Å²) in [5.74, 6) is 0. The maximum atomic E-state index is 11.2. The SMILES string of the molecule is NC(=O)N(c1cccnc1)C(O)C(Cl)(Cl)Cl. The molecule has 16 heavy (non-hydrogen) atoms. The number of nitrogens with two attached hydrogens (primary N) is 1. The molecule has 5 nitrogen and oxygen atoms in total. The summed E-state index contributed by atoms with van der Waals surface area (Å²) in [5.41, 5.74) is 5.32. The van der Waals surface area contributed by atoms with E-state index in [0.717, 1.165) is 4.90 Å². The van der Waals surface area contributed by atoms with Crippen LogP contribution in [0.25, 0.3) is 0 Å². The average molecular weight is 285 g/mol. The van der Waals surface area contributed by atoms with Crippen molar-refractivity contribution in [3.63, 3.8) is 0 Å². The second kappa shape index (κ2) is 5.05. The molecule has 1 unspecified atom stereocenters. The monoisotopic (exact) mass is 283 g/mol. The Labute approximate surface area is 107 Å². The molecular weight excluding hydrogens is 276 g/mol. The summed E-state index contributed by atoms with van der Waals surface area (Å²) in [5, 5.41) is 9.67. The maximum absolute atomic E-state index is 11.2. The van der Waals surface area contributed by atoms with Gasteiger partial charge in [-0.05, 0) is 12.1 Å². The first-order valence-electron chi connectivity index (χ1n) is 4.07. The number of pyridine rings is 1. The molecular formula is C8H8Cl3N3O2. The van der Waals surface area contributed by atoms with Gasteiger partial charge in [-0.25, -0.2) is 4.79 Å². The Hall–Kier alpha value is -0.750. The lowest BCUT2D eigenvalue weighted by atomic mass is 10.3. The number of aliphatic hydroxyl groups excluding tert-OH is 1. The fourth-order valence-corrected chi connectivity index (χ4v) is 1.32. The molecule has 0 aliphatic heterocycles. The normalized spacial score (nSPS) is 13.2. The molecule has 2 amide bonds. The number of anilines is 1. The fourth-order valence-electron chi connectivity index (χ4n) is 1.03. The second-order valence-corrected chi connectivity index (χ2v) is 5.20. The van der Waals surface area contributed by atoms with Gasteiger partial charge in [-0.1, -0.05) is 34.8 Å². The van der Waals surface area contributed by atoms with Gasteiger partial charge >= 0.3 is 6.03 Å². The zero-order valence-electron chi connectivity index (χ0n) is 7.85. The number of nitrogens with zero attached hydrogens (tertiary/aromatic N) is 2. The number of primary amides is 1. The molecule has 8 heteroatoms. The van der Waals surface area contributed by atoms with Gasteiger partial charge in [0.1, 0.15) is 0 Å². The van der Waals surface area contributed by atoms with E-state index < -0.39 is 16.1 Å². The fraction of sp³-hybridized carbons (Fsp3) is 0.250. The Morgan fingerprint density at radius 2 is 2.19 bits per heavy atom. The summed E-state index contributed by atoms with van der Waals surface area (Å²) in [4.78, 5) is 15.7. The van der Waals surface area contributed by atoms with Crippen LogP contribution in [-0.4, -0.2) is 26.1 Å². The Balaban J connectivity index is 3.07. The van der Waals surface area contributed by atoms with Crippen molar-refractivity contribution >= 4 is 46.5 Å². The predicted octanol–water partition coefficient (Wildman–Crippen LogP) is 1.66. The molecule has 1 rings (SSSR count). The lowest BCUT2D eigenvalue weighted by Crippen LogP contribution is -2.50. The van der Waals surface area contributed by atoms with Crippen LogP contribution in [0.4, 0.5) is 10.5 Å². The van der Waals surface area contributed by atoms with Crippen LogP contribution in [0.1, 0.15) is 0 Å². The number of amides is 2. The minimum atomic E-state index is -2.06. The first kappa shape index (κ1) is 13.3. The van der Waals surface area contributed by atoms with Crippen molar-refractivity contribution in [2.24, 2.45) is 5.73 Å². The number of alkyl halides is 3. The molecule has 1 aromatic rings. The number of hydrogen-bond donors (Lipinski definition) is 2. The van der Waals surface area contributed by atoms with Crippen molar-refractivity contribution in [2.45, 2.75) is 10.0 Å². The summed E-state index contributed by atoms with van der Waals surface area (Å²) in [7, 11) is 0. The van der Waals surface area contributed by atoms with E-state index >= 15 is 0 Å². The molecule has 1 heterocycles. The number of aliphatic hydroxyl groups is 1. The molecule has 0 radical (unpaired) electrons. The largest absolute Gasteiger partial charge is 0.369 e. The first-order chi connectivity index (χ1) is 7.34. The molecule has 0 fully saturated rings.